The molecule has 8 heteroatoms. The van der Waals surface area contributed by atoms with Gasteiger partial charge in [-0.15, -0.1) is 0 Å². The average Bonchev–Trinajstić information content (AvgIpc) is 3.70. The first-order chi connectivity index (χ1) is 18.5. The van der Waals surface area contributed by atoms with Crippen molar-refractivity contribution in [3.05, 3.63) is 95.6 Å². The van der Waals surface area contributed by atoms with E-state index in [4.69, 9.17) is 4.74 Å². The molecule has 4 rings (SSSR count). The van der Waals surface area contributed by atoms with E-state index >= 15 is 0 Å². The fourth-order valence-electron chi connectivity index (χ4n) is 4.40. The number of carbonyl (C=O) groups is 1. The molecule has 3 aromatic rings. The summed E-state index contributed by atoms with van der Waals surface area (Å²) in [6.07, 6.45) is -6.85. The number of benzene rings is 3. The van der Waals surface area contributed by atoms with Crippen LogP contribution < -0.4 is 5.32 Å². The molecule has 5 nitrogen and oxygen atoms in total. The number of halogens is 3. The lowest BCUT2D eigenvalue weighted by Gasteiger charge is -2.27. The van der Waals surface area contributed by atoms with E-state index in [2.05, 4.69) is 11.4 Å². The number of amides is 1. The molecular formula is C31H31F3N2O3. The molecule has 0 radical (unpaired) electrons. The predicted molar refractivity (Wildman–Crippen MR) is 141 cm³/mol. The fraction of sp³-hybridized carbons (Fsp3) is 0.355. The monoisotopic (exact) mass is 536 g/mol. The van der Waals surface area contributed by atoms with Crippen molar-refractivity contribution in [1.82, 2.24) is 5.32 Å². The molecule has 0 spiro atoms. The van der Waals surface area contributed by atoms with Gasteiger partial charge < -0.3 is 15.2 Å². The molecule has 0 aromatic heterocycles. The van der Waals surface area contributed by atoms with Crippen molar-refractivity contribution >= 4 is 5.91 Å². The minimum Gasteiger partial charge on any atom is -0.379 e. The molecule has 0 heterocycles. The maximum Gasteiger partial charge on any atom is 0.418 e. The zero-order valence-electron chi connectivity index (χ0n) is 21.8. The van der Waals surface area contributed by atoms with E-state index in [9.17, 15) is 28.3 Å². The summed E-state index contributed by atoms with van der Waals surface area (Å²) in [5.41, 5.74) is 2.11. The first-order valence-electron chi connectivity index (χ1n) is 12.9. The highest BCUT2D eigenvalue weighted by atomic mass is 19.4. The second-order valence-electron chi connectivity index (χ2n) is 10.4. The number of hydrogen-bond acceptors (Lipinski definition) is 4. The summed E-state index contributed by atoms with van der Waals surface area (Å²) in [5, 5.41) is 21.8. The van der Waals surface area contributed by atoms with Gasteiger partial charge in [-0.1, -0.05) is 92.7 Å². The SMILES string of the molecule is CC(C)C[C@H](O[C@H](c1ccccc1)c1ccc(-c2ccc(C(O)C(F)(F)F)cc2)cc1)C(=O)NC1(C#N)CC1. The Balaban J connectivity index is 1.59. The Kier molecular flexibility index (Phi) is 8.43. The minimum atomic E-state index is -4.73. The zero-order chi connectivity index (χ0) is 28.2. The second-order valence-corrected chi connectivity index (χ2v) is 10.4. The van der Waals surface area contributed by atoms with E-state index in [1.54, 1.807) is 0 Å². The molecule has 204 valence electrons. The quantitative estimate of drug-likeness (QED) is 0.304. The van der Waals surface area contributed by atoms with Crippen LogP contribution in [0.5, 0.6) is 0 Å². The smallest absolute Gasteiger partial charge is 0.379 e. The average molecular weight is 537 g/mol. The first kappa shape index (κ1) is 28.3. The number of hydrogen-bond donors (Lipinski definition) is 2. The number of ether oxygens (including phenoxy) is 1. The van der Waals surface area contributed by atoms with Crippen LogP contribution in [0.3, 0.4) is 0 Å². The lowest BCUT2D eigenvalue weighted by Crippen LogP contribution is -2.44. The molecule has 1 unspecified atom stereocenters. The number of alkyl halides is 3. The maximum absolute atomic E-state index is 13.2. The van der Waals surface area contributed by atoms with Gasteiger partial charge in [0.15, 0.2) is 6.10 Å². The zero-order valence-corrected chi connectivity index (χ0v) is 21.8. The third-order valence-corrected chi connectivity index (χ3v) is 6.79. The van der Waals surface area contributed by atoms with Crippen LogP contribution in [-0.4, -0.2) is 28.8 Å². The van der Waals surface area contributed by atoms with Crippen molar-refractivity contribution in [3.8, 4) is 17.2 Å². The molecule has 1 amide bonds. The molecule has 3 atom stereocenters. The first-order valence-corrected chi connectivity index (χ1v) is 12.9. The molecule has 3 aromatic carbocycles. The lowest BCUT2D eigenvalue weighted by molar-refractivity contribution is -0.206. The molecule has 2 N–H and O–H groups in total. The highest BCUT2D eigenvalue weighted by molar-refractivity contribution is 5.82. The van der Waals surface area contributed by atoms with Crippen LogP contribution in [0.25, 0.3) is 11.1 Å². The van der Waals surface area contributed by atoms with Crippen molar-refractivity contribution < 1.29 is 27.8 Å². The standard InChI is InChI=1S/C31H31F3N2O3/c1-20(2)18-26(29(38)36-30(19-35)16-17-30)39-27(23-6-4-3-5-7-23)24-12-8-21(9-13-24)22-10-14-25(15-11-22)28(37)31(32,33)34/h3-15,20,26-28,37H,16-18H2,1-2H3,(H,36,38)/t26-,27+,28?/m0/s1. The van der Waals surface area contributed by atoms with Gasteiger partial charge in [0, 0.05) is 0 Å². The number of rotatable bonds is 10. The number of nitrogens with one attached hydrogen (secondary N) is 1. The Morgan fingerprint density at radius 1 is 0.949 bits per heavy atom. The van der Waals surface area contributed by atoms with Crippen LogP contribution >= 0.6 is 0 Å². The lowest BCUT2D eigenvalue weighted by atomic mass is 9.96. The van der Waals surface area contributed by atoms with Crippen LogP contribution in [0.1, 0.15) is 62.0 Å². The highest BCUT2D eigenvalue weighted by Gasteiger charge is 2.46. The molecule has 0 saturated heterocycles. The number of carbonyl (C=O) groups excluding carboxylic acids is 1. The molecule has 1 aliphatic rings. The molecule has 0 aliphatic heterocycles. The van der Waals surface area contributed by atoms with Crippen molar-refractivity contribution in [2.24, 2.45) is 5.92 Å². The summed E-state index contributed by atoms with van der Waals surface area (Å²) in [4.78, 5) is 13.2. The van der Waals surface area contributed by atoms with Crippen molar-refractivity contribution in [1.29, 1.82) is 5.26 Å². The van der Waals surface area contributed by atoms with Gasteiger partial charge in [0.25, 0.3) is 0 Å². The summed E-state index contributed by atoms with van der Waals surface area (Å²) in [6.45, 7) is 4.01. The van der Waals surface area contributed by atoms with Crippen molar-refractivity contribution in [3.63, 3.8) is 0 Å². The van der Waals surface area contributed by atoms with E-state index in [1.165, 1.54) is 24.3 Å². The summed E-state index contributed by atoms with van der Waals surface area (Å²) < 4.78 is 45.0. The van der Waals surface area contributed by atoms with Gasteiger partial charge in [0.2, 0.25) is 5.91 Å². The molecule has 39 heavy (non-hydrogen) atoms. The van der Waals surface area contributed by atoms with Gasteiger partial charge in [-0.2, -0.15) is 18.4 Å². The van der Waals surface area contributed by atoms with E-state index in [0.717, 1.165) is 16.7 Å². The van der Waals surface area contributed by atoms with Crippen molar-refractivity contribution in [2.75, 3.05) is 0 Å². The summed E-state index contributed by atoms with van der Waals surface area (Å²) >= 11 is 0. The van der Waals surface area contributed by atoms with E-state index in [0.29, 0.717) is 24.8 Å². The third-order valence-electron chi connectivity index (χ3n) is 6.79. The van der Waals surface area contributed by atoms with Crippen LogP contribution in [0.2, 0.25) is 0 Å². The van der Waals surface area contributed by atoms with E-state index in [-0.39, 0.29) is 17.4 Å². The van der Waals surface area contributed by atoms with E-state index in [1.807, 2.05) is 68.4 Å². The Morgan fingerprint density at radius 2 is 1.46 bits per heavy atom. The summed E-state index contributed by atoms with van der Waals surface area (Å²) in [7, 11) is 0. The second kappa shape index (κ2) is 11.6. The van der Waals surface area contributed by atoms with Gasteiger partial charge in [-0.25, -0.2) is 0 Å². The van der Waals surface area contributed by atoms with Crippen molar-refractivity contribution in [2.45, 2.75) is 63.1 Å². The van der Waals surface area contributed by atoms with Gasteiger partial charge >= 0.3 is 6.18 Å². The third kappa shape index (κ3) is 7.05. The molecule has 1 saturated carbocycles. The number of aliphatic hydroxyl groups excluding tert-OH is 1. The Labute approximate surface area is 226 Å². The Bertz CT molecular complexity index is 1300. The van der Waals surface area contributed by atoms with Crippen LogP contribution in [-0.2, 0) is 9.53 Å². The largest absolute Gasteiger partial charge is 0.418 e. The predicted octanol–water partition coefficient (Wildman–Crippen LogP) is 6.64. The molecule has 0 bridgehead atoms. The summed E-state index contributed by atoms with van der Waals surface area (Å²) in [6, 6.07) is 24.7. The minimum absolute atomic E-state index is 0.177. The molecule has 1 aliphatic carbocycles. The van der Waals surface area contributed by atoms with Crippen LogP contribution in [0, 0.1) is 17.2 Å². The van der Waals surface area contributed by atoms with Gasteiger partial charge in [-0.05, 0) is 53.0 Å². The molecular weight excluding hydrogens is 505 g/mol. The topological polar surface area (TPSA) is 82.3 Å². The summed E-state index contributed by atoms with van der Waals surface area (Å²) in [5.74, 6) is -0.128. The van der Waals surface area contributed by atoms with Gasteiger partial charge in [0.1, 0.15) is 17.7 Å². The molecule has 1 fully saturated rings. The normalized spacial score (nSPS) is 16.7. The van der Waals surface area contributed by atoms with Crippen LogP contribution in [0.15, 0.2) is 78.9 Å². The van der Waals surface area contributed by atoms with Gasteiger partial charge in [-0.3, -0.25) is 4.79 Å². The number of nitrogens with zero attached hydrogens (tertiary/aromatic N) is 1. The van der Waals surface area contributed by atoms with E-state index < -0.39 is 30.0 Å². The number of aliphatic hydroxyl groups is 1. The Hall–Kier alpha value is -3.67. The van der Waals surface area contributed by atoms with Crippen LogP contribution in [0.4, 0.5) is 13.2 Å². The number of nitriles is 1. The Morgan fingerprint density at radius 3 is 1.92 bits per heavy atom. The fourth-order valence-corrected chi connectivity index (χ4v) is 4.40. The maximum atomic E-state index is 13.2. The highest BCUT2D eigenvalue weighted by Crippen LogP contribution is 2.36. The van der Waals surface area contributed by atoms with Gasteiger partial charge in [0.05, 0.1) is 6.07 Å².